The van der Waals surface area contributed by atoms with Gasteiger partial charge in [0.2, 0.25) is 5.91 Å². The lowest BCUT2D eigenvalue weighted by Crippen LogP contribution is -2.36. The second-order valence-corrected chi connectivity index (χ2v) is 6.07. The first-order chi connectivity index (χ1) is 7.63. The van der Waals surface area contributed by atoms with Crippen LogP contribution >= 0.6 is 0 Å². The van der Waals surface area contributed by atoms with Crippen LogP contribution in [-0.2, 0) is 4.79 Å². The van der Waals surface area contributed by atoms with Gasteiger partial charge in [-0.2, -0.15) is 0 Å². The van der Waals surface area contributed by atoms with Gasteiger partial charge in [0.1, 0.15) is 0 Å². The first-order valence-corrected chi connectivity index (χ1v) is 6.84. The van der Waals surface area contributed by atoms with Gasteiger partial charge in [0, 0.05) is 20.0 Å². The van der Waals surface area contributed by atoms with E-state index in [-0.39, 0.29) is 0 Å². The van der Waals surface area contributed by atoms with Crippen LogP contribution in [0, 0.1) is 11.3 Å². The average Bonchev–Trinajstić information content (AvgIpc) is 2.30. The van der Waals surface area contributed by atoms with E-state index in [0.29, 0.717) is 17.2 Å². The van der Waals surface area contributed by atoms with Crippen molar-refractivity contribution in [3.05, 3.63) is 0 Å². The van der Waals surface area contributed by atoms with Gasteiger partial charge in [-0.15, -0.1) is 0 Å². The molecule has 0 aromatic carbocycles. The molecule has 2 saturated carbocycles. The van der Waals surface area contributed by atoms with Crippen LogP contribution in [0.5, 0.6) is 0 Å². The van der Waals surface area contributed by atoms with E-state index in [1.807, 2.05) is 14.1 Å². The molecule has 2 aliphatic carbocycles. The highest BCUT2D eigenvalue weighted by Crippen LogP contribution is 2.48. The Morgan fingerprint density at radius 1 is 1.00 bits per heavy atom. The van der Waals surface area contributed by atoms with Crippen LogP contribution < -0.4 is 0 Å². The molecule has 0 saturated heterocycles. The molecule has 0 aliphatic heterocycles. The molecule has 1 spiro atoms. The Kier molecular flexibility index (Phi) is 3.56. The van der Waals surface area contributed by atoms with Gasteiger partial charge in [-0.1, -0.05) is 19.3 Å². The third-order valence-corrected chi connectivity index (χ3v) is 4.75. The van der Waals surface area contributed by atoms with Crippen LogP contribution in [0.2, 0.25) is 0 Å². The number of hydrogen-bond acceptors (Lipinski definition) is 1. The Balaban J connectivity index is 1.88. The van der Waals surface area contributed by atoms with Crippen LogP contribution in [0.3, 0.4) is 0 Å². The number of hydrogen-bond donors (Lipinski definition) is 0. The molecule has 0 aromatic rings. The van der Waals surface area contributed by atoms with Crippen molar-refractivity contribution in [3.63, 3.8) is 0 Å². The highest BCUT2D eigenvalue weighted by atomic mass is 16.2. The topological polar surface area (TPSA) is 20.3 Å². The highest BCUT2D eigenvalue weighted by Gasteiger charge is 2.38. The van der Waals surface area contributed by atoms with Gasteiger partial charge in [-0.3, -0.25) is 4.79 Å². The molecule has 2 rings (SSSR count). The number of carbonyl (C=O) groups excluding carboxylic acids is 1. The summed E-state index contributed by atoms with van der Waals surface area (Å²) in [5, 5.41) is 0. The van der Waals surface area contributed by atoms with Crippen LogP contribution in [0.25, 0.3) is 0 Å². The number of nitrogens with zero attached hydrogens (tertiary/aromatic N) is 1. The summed E-state index contributed by atoms with van der Waals surface area (Å²) in [5.41, 5.74) is 0.640. The van der Waals surface area contributed by atoms with Gasteiger partial charge in [0.05, 0.1) is 0 Å². The molecule has 1 amide bonds. The van der Waals surface area contributed by atoms with E-state index >= 15 is 0 Å². The molecule has 2 fully saturated rings. The number of carbonyl (C=O) groups is 1. The first kappa shape index (κ1) is 11.9. The summed E-state index contributed by atoms with van der Waals surface area (Å²) in [4.78, 5) is 13.7. The molecular formula is C14H25NO. The molecular weight excluding hydrogens is 198 g/mol. The predicted molar refractivity (Wildman–Crippen MR) is 66.2 cm³/mol. The van der Waals surface area contributed by atoms with Crippen molar-refractivity contribution in [1.82, 2.24) is 4.90 Å². The minimum absolute atomic E-state index is 0.322. The van der Waals surface area contributed by atoms with Crippen LogP contribution in [-0.4, -0.2) is 24.9 Å². The Bertz CT molecular complexity index is 243. The number of amides is 1. The fourth-order valence-corrected chi connectivity index (χ4v) is 3.64. The van der Waals surface area contributed by atoms with Crippen molar-refractivity contribution in [2.24, 2.45) is 11.3 Å². The molecule has 0 heterocycles. The summed E-state index contributed by atoms with van der Waals surface area (Å²) in [5.74, 6) is 0.674. The van der Waals surface area contributed by atoms with E-state index in [0.717, 1.165) is 12.8 Å². The second-order valence-electron chi connectivity index (χ2n) is 6.07. The van der Waals surface area contributed by atoms with Crippen LogP contribution in [0.15, 0.2) is 0 Å². The van der Waals surface area contributed by atoms with E-state index in [4.69, 9.17) is 0 Å². The lowest BCUT2D eigenvalue weighted by atomic mass is 9.63. The summed E-state index contributed by atoms with van der Waals surface area (Å²) in [6, 6.07) is 0. The fourth-order valence-electron chi connectivity index (χ4n) is 3.64. The minimum atomic E-state index is 0.322. The van der Waals surface area contributed by atoms with E-state index in [1.165, 1.54) is 44.9 Å². The van der Waals surface area contributed by atoms with E-state index in [9.17, 15) is 4.79 Å². The lowest BCUT2D eigenvalue weighted by molar-refractivity contribution is -0.135. The third kappa shape index (κ3) is 2.41. The maximum Gasteiger partial charge on any atom is 0.225 e. The van der Waals surface area contributed by atoms with Crippen LogP contribution in [0.4, 0.5) is 0 Å². The zero-order valence-electron chi connectivity index (χ0n) is 10.8. The van der Waals surface area contributed by atoms with Gasteiger partial charge in [0.25, 0.3) is 0 Å². The van der Waals surface area contributed by atoms with Crippen molar-refractivity contribution in [2.75, 3.05) is 14.1 Å². The third-order valence-electron chi connectivity index (χ3n) is 4.75. The fraction of sp³-hybridized carbons (Fsp3) is 0.929. The van der Waals surface area contributed by atoms with Gasteiger partial charge in [-0.05, 0) is 43.9 Å². The molecule has 2 nitrogen and oxygen atoms in total. The van der Waals surface area contributed by atoms with E-state index in [1.54, 1.807) is 4.90 Å². The Morgan fingerprint density at radius 3 is 2.06 bits per heavy atom. The SMILES string of the molecule is CN(C)C(=O)C1CCC2(CCCCC2)CC1. The monoisotopic (exact) mass is 223 g/mol. The summed E-state index contributed by atoms with van der Waals surface area (Å²) >= 11 is 0. The Morgan fingerprint density at radius 2 is 1.56 bits per heavy atom. The van der Waals surface area contributed by atoms with Gasteiger partial charge < -0.3 is 4.90 Å². The van der Waals surface area contributed by atoms with Crippen LogP contribution in [0.1, 0.15) is 57.8 Å². The maximum absolute atomic E-state index is 11.9. The molecule has 0 unspecified atom stereocenters. The van der Waals surface area contributed by atoms with E-state index < -0.39 is 0 Å². The van der Waals surface area contributed by atoms with Gasteiger partial charge >= 0.3 is 0 Å². The predicted octanol–water partition coefficient (Wildman–Crippen LogP) is 3.22. The molecule has 2 heteroatoms. The highest BCUT2D eigenvalue weighted by molar-refractivity contribution is 5.78. The number of rotatable bonds is 1. The van der Waals surface area contributed by atoms with E-state index in [2.05, 4.69) is 0 Å². The summed E-state index contributed by atoms with van der Waals surface area (Å²) in [7, 11) is 3.76. The zero-order chi connectivity index (χ0) is 11.6. The molecule has 2 aliphatic rings. The summed E-state index contributed by atoms with van der Waals surface area (Å²) in [6.07, 6.45) is 12.0. The Hall–Kier alpha value is -0.530. The van der Waals surface area contributed by atoms with Gasteiger partial charge in [-0.25, -0.2) is 0 Å². The summed E-state index contributed by atoms with van der Waals surface area (Å²) in [6.45, 7) is 0. The molecule has 16 heavy (non-hydrogen) atoms. The molecule has 0 atom stereocenters. The van der Waals surface area contributed by atoms with Crippen molar-refractivity contribution >= 4 is 5.91 Å². The van der Waals surface area contributed by atoms with Crippen molar-refractivity contribution in [3.8, 4) is 0 Å². The first-order valence-electron chi connectivity index (χ1n) is 6.84. The van der Waals surface area contributed by atoms with Gasteiger partial charge in [0.15, 0.2) is 0 Å². The minimum Gasteiger partial charge on any atom is -0.349 e. The summed E-state index contributed by atoms with van der Waals surface area (Å²) < 4.78 is 0. The normalized spacial score (nSPS) is 25.6. The lowest BCUT2D eigenvalue weighted by Gasteiger charge is -2.43. The zero-order valence-corrected chi connectivity index (χ0v) is 10.8. The largest absolute Gasteiger partial charge is 0.349 e. The Labute approximate surface area is 99.4 Å². The second kappa shape index (κ2) is 4.77. The molecule has 0 bridgehead atoms. The smallest absolute Gasteiger partial charge is 0.225 e. The van der Waals surface area contributed by atoms with Crippen molar-refractivity contribution in [1.29, 1.82) is 0 Å². The average molecular weight is 223 g/mol. The van der Waals surface area contributed by atoms with Crippen molar-refractivity contribution < 1.29 is 4.79 Å². The quantitative estimate of drug-likeness (QED) is 0.668. The standard InChI is InChI=1S/C14H25NO/c1-15(2)13(16)12-6-10-14(11-7-12)8-4-3-5-9-14/h12H,3-11H2,1-2H3. The molecule has 92 valence electrons. The molecule has 0 N–H and O–H groups in total. The molecule has 0 aromatic heterocycles. The maximum atomic E-state index is 11.9. The molecule has 0 radical (unpaired) electrons. The van der Waals surface area contributed by atoms with Crippen molar-refractivity contribution in [2.45, 2.75) is 57.8 Å².